The SMILES string of the molecule is CCCNC1CCN(c2ccc(OCC)cc2)C1=O. The van der Waals surface area contributed by atoms with E-state index in [4.69, 9.17) is 4.74 Å². The molecule has 4 heteroatoms. The highest BCUT2D eigenvalue weighted by Crippen LogP contribution is 2.24. The van der Waals surface area contributed by atoms with Crippen molar-refractivity contribution in [1.82, 2.24) is 5.32 Å². The van der Waals surface area contributed by atoms with Crippen molar-refractivity contribution in [3.05, 3.63) is 24.3 Å². The number of nitrogens with one attached hydrogen (secondary N) is 1. The third kappa shape index (κ3) is 3.26. The van der Waals surface area contributed by atoms with Gasteiger partial charge in [0.05, 0.1) is 12.6 Å². The van der Waals surface area contributed by atoms with Crippen molar-refractivity contribution in [2.75, 3.05) is 24.6 Å². The van der Waals surface area contributed by atoms with Crippen molar-refractivity contribution in [1.29, 1.82) is 0 Å². The highest BCUT2D eigenvalue weighted by atomic mass is 16.5. The Kier molecular flexibility index (Phi) is 4.80. The van der Waals surface area contributed by atoms with E-state index >= 15 is 0 Å². The van der Waals surface area contributed by atoms with Crippen LogP contribution >= 0.6 is 0 Å². The number of carbonyl (C=O) groups is 1. The molecule has 1 aliphatic rings. The number of anilines is 1. The molecule has 0 bridgehead atoms. The largest absolute Gasteiger partial charge is 0.494 e. The fraction of sp³-hybridized carbons (Fsp3) is 0.533. The molecule has 1 aromatic carbocycles. The second-order valence-corrected chi connectivity index (χ2v) is 4.71. The summed E-state index contributed by atoms with van der Waals surface area (Å²) in [6.07, 6.45) is 1.93. The molecular weight excluding hydrogens is 240 g/mol. The maximum atomic E-state index is 12.3. The summed E-state index contributed by atoms with van der Waals surface area (Å²) >= 11 is 0. The second-order valence-electron chi connectivity index (χ2n) is 4.71. The van der Waals surface area contributed by atoms with Crippen LogP contribution in [0, 0.1) is 0 Å². The lowest BCUT2D eigenvalue weighted by atomic mass is 10.2. The van der Waals surface area contributed by atoms with Gasteiger partial charge in [0.15, 0.2) is 0 Å². The van der Waals surface area contributed by atoms with E-state index in [1.165, 1.54) is 0 Å². The first kappa shape index (κ1) is 13.9. The molecule has 1 atom stereocenters. The first-order valence-corrected chi connectivity index (χ1v) is 7.04. The van der Waals surface area contributed by atoms with Crippen LogP contribution in [0.25, 0.3) is 0 Å². The fourth-order valence-electron chi connectivity index (χ4n) is 2.33. The molecule has 4 nitrogen and oxygen atoms in total. The molecule has 1 heterocycles. The van der Waals surface area contributed by atoms with Crippen LogP contribution in [-0.4, -0.2) is 31.6 Å². The van der Waals surface area contributed by atoms with Crippen LogP contribution in [0.1, 0.15) is 26.7 Å². The Morgan fingerprint density at radius 3 is 2.68 bits per heavy atom. The van der Waals surface area contributed by atoms with Crippen LogP contribution in [0.3, 0.4) is 0 Å². The second kappa shape index (κ2) is 6.57. The molecule has 1 fully saturated rings. The van der Waals surface area contributed by atoms with E-state index in [2.05, 4.69) is 12.2 Å². The highest BCUT2D eigenvalue weighted by molar-refractivity contribution is 5.99. The van der Waals surface area contributed by atoms with Gasteiger partial charge >= 0.3 is 0 Å². The van der Waals surface area contributed by atoms with Gasteiger partial charge in [0.25, 0.3) is 0 Å². The van der Waals surface area contributed by atoms with Crippen LogP contribution in [0.2, 0.25) is 0 Å². The van der Waals surface area contributed by atoms with Gasteiger partial charge in [-0.1, -0.05) is 6.92 Å². The standard InChI is InChI=1S/C15H22N2O2/c1-3-10-16-14-9-11-17(15(14)18)12-5-7-13(8-6-12)19-4-2/h5-8,14,16H,3-4,9-11H2,1-2H3. The minimum absolute atomic E-state index is 0.0217. The van der Waals surface area contributed by atoms with E-state index < -0.39 is 0 Å². The van der Waals surface area contributed by atoms with E-state index in [-0.39, 0.29) is 11.9 Å². The van der Waals surface area contributed by atoms with Crippen molar-refractivity contribution < 1.29 is 9.53 Å². The van der Waals surface area contributed by atoms with Gasteiger partial charge in [-0.2, -0.15) is 0 Å². The molecule has 2 rings (SSSR count). The Labute approximate surface area is 114 Å². The predicted octanol–water partition coefficient (Wildman–Crippen LogP) is 2.19. The molecule has 0 aliphatic carbocycles. The van der Waals surface area contributed by atoms with Crippen molar-refractivity contribution >= 4 is 11.6 Å². The molecule has 1 aliphatic heterocycles. The summed E-state index contributed by atoms with van der Waals surface area (Å²) in [4.78, 5) is 14.1. The van der Waals surface area contributed by atoms with Gasteiger partial charge in [-0.3, -0.25) is 4.79 Å². The van der Waals surface area contributed by atoms with Crippen molar-refractivity contribution in [2.45, 2.75) is 32.7 Å². The zero-order chi connectivity index (χ0) is 13.7. The van der Waals surface area contributed by atoms with Crippen LogP contribution in [-0.2, 0) is 4.79 Å². The zero-order valence-corrected chi connectivity index (χ0v) is 11.7. The molecule has 1 unspecified atom stereocenters. The summed E-state index contributed by atoms with van der Waals surface area (Å²) < 4.78 is 5.41. The molecule has 104 valence electrons. The number of benzene rings is 1. The normalized spacial score (nSPS) is 18.9. The van der Waals surface area contributed by atoms with Crippen molar-refractivity contribution in [3.63, 3.8) is 0 Å². The lowest BCUT2D eigenvalue weighted by Crippen LogP contribution is -2.38. The molecule has 0 radical (unpaired) electrons. The van der Waals surface area contributed by atoms with E-state index in [1.807, 2.05) is 36.1 Å². The molecule has 1 saturated heterocycles. The van der Waals surface area contributed by atoms with Crippen molar-refractivity contribution in [2.24, 2.45) is 0 Å². The van der Waals surface area contributed by atoms with Gasteiger partial charge in [-0.05, 0) is 50.6 Å². The summed E-state index contributed by atoms with van der Waals surface area (Å²) in [5, 5.41) is 3.30. The number of carbonyl (C=O) groups excluding carboxylic acids is 1. The smallest absolute Gasteiger partial charge is 0.244 e. The van der Waals surface area contributed by atoms with Gasteiger partial charge in [-0.15, -0.1) is 0 Å². The van der Waals surface area contributed by atoms with E-state index in [0.29, 0.717) is 6.61 Å². The Balaban J connectivity index is 2.00. The first-order valence-electron chi connectivity index (χ1n) is 7.04. The maximum Gasteiger partial charge on any atom is 0.244 e. The average molecular weight is 262 g/mol. The Bertz CT molecular complexity index is 417. The molecular formula is C15H22N2O2. The number of hydrogen-bond donors (Lipinski definition) is 1. The van der Waals surface area contributed by atoms with E-state index in [9.17, 15) is 4.79 Å². The van der Waals surface area contributed by atoms with Crippen molar-refractivity contribution in [3.8, 4) is 5.75 Å². The summed E-state index contributed by atoms with van der Waals surface area (Å²) in [6, 6.07) is 7.71. The molecule has 1 N–H and O–H groups in total. The summed E-state index contributed by atoms with van der Waals surface area (Å²) in [5.74, 6) is 1.02. The molecule has 0 spiro atoms. The Morgan fingerprint density at radius 1 is 1.32 bits per heavy atom. The maximum absolute atomic E-state index is 12.3. The molecule has 0 aromatic heterocycles. The minimum atomic E-state index is -0.0217. The molecule has 0 saturated carbocycles. The Morgan fingerprint density at radius 2 is 2.05 bits per heavy atom. The minimum Gasteiger partial charge on any atom is -0.494 e. The Hall–Kier alpha value is -1.55. The van der Waals surface area contributed by atoms with Gasteiger partial charge < -0.3 is 15.0 Å². The van der Waals surface area contributed by atoms with Crippen LogP contribution in [0.5, 0.6) is 5.75 Å². The first-order chi connectivity index (χ1) is 9.26. The third-order valence-electron chi connectivity index (χ3n) is 3.31. The number of hydrogen-bond acceptors (Lipinski definition) is 3. The molecule has 1 aromatic rings. The van der Waals surface area contributed by atoms with Crippen LogP contribution < -0.4 is 15.0 Å². The van der Waals surface area contributed by atoms with Gasteiger partial charge in [-0.25, -0.2) is 0 Å². The van der Waals surface area contributed by atoms with E-state index in [1.54, 1.807) is 0 Å². The summed E-state index contributed by atoms with van der Waals surface area (Å²) in [6.45, 7) is 6.41. The summed E-state index contributed by atoms with van der Waals surface area (Å²) in [5.41, 5.74) is 0.953. The quantitative estimate of drug-likeness (QED) is 0.854. The number of amides is 1. The van der Waals surface area contributed by atoms with Gasteiger partial charge in [0.2, 0.25) is 5.91 Å². The average Bonchev–Trinajstić information content (AvgIpc) is 2.79. The highest BCUT2D eigenvalue weighted by Gasteiger charge is 2.31. The van der Waals surface area contributed by atoms with Crippen LogP contribution in [0.15, 0.2) is 24.3 Å². The lowest BCUT2D eigenvalue weighted by molar-refractivity contribution is -0.118. The predicted molar refractivity (Wildman–Crippen MR) is 76.7 cm³/mol. The third-order valence-corrected chi connectivity index (χ3v) is 3.31. The topological polar surface area (TPSA) is 41.6 Å². The molecule has 19 heavy (non-hydrogen) atoms. The summed E-state index contributed by atoms with van der Waals surface area (Å²) in [7, 11) is 0. The monoisotopic (exact) mass is 262 g/mol. The number of nitrogens with zero attached hydrogens (tertiary/aromatic N) is 1. The van der Waals surface area contributed by atoms with Gasteiger partial charge in [0.1, 0.15) is 5.75 Å². The number of ether oxygens (including phenoxy) is 1. The number of rotatable bonds is 6. The fourth-order valence-corrected chi connectivity index (χ4v) is 2.33. The zero-order valence-electron chi connectivity index (χ0n) is 11.7. The van der Waals surface area contributed by atoms with Crippen LogP contribution in [0.4, 0.5) is 5.69 Å². The van der Waals surface area contributed by atoms with E-state index in [0.717, 1.165) is 37.4 Å². The molecule has 1 amide bonds. The van der Waals surface area contributed by atoms with Gasteiger partial charge in [0, 0.05) is 12.2 Å². The lowest BCUT2D eigenvalue weighted by Gasteiger charge is -2.17.